The highest BCUT2D eigenvalue weighted by atomic mass is 32.2. The summed E-state index contributed by atoms with van der Waals surface area (Å²) in [5, 5.41) is 14.8. The number of rotatable bonds is 11. The molecular formula is C23H28N2O7S. The van der Waals surface area contributed by atoms with Crippen LogP contribution in [-0.4, -0.2) is 54.1 Å². The van der Waals surface area contributed by atoms with Gasteiger partial charge in [-0.15, -0.1) is 0 Å². The standard InChI is InChI=1S/C23H28N2O7S/c1-33-11-9-18(22(29)24-10-8-21(27)28)25-20(26)13-31-14-6-7-16-15-4-2-3-5-17(15)23(30)32-19(16)12-14/h6-7,12,18H,2-5,8-11,13H2,1H3,(H,24,29)(H,25,26)(H,27,28). The highest BCUT2D eigenvalue weighted by Gasteiger charge is 2.21. The van der Waals surface area contributed by atoms with Crippen molar-refractivity contribution in [1.82, 2.24) is 10.6 Å². The van der Waals surface area contributed by atoms with Gasteiger partial charge < -0.3 is 24.9 Å². The minimum Gasteiger partial charge on any atom is -0.484 e. The molecule has 0 spiro atoms. The molecule has 0 saturated carbocycles. The molecule has 3 rings (SSSR count). The highest BCUT2D eigenvalue weighted by Crippen LogP contribution is 2.29. The van der Waals surface area contributed by atoms with Crippen LogP contribution in [0.25, 0.3) is 11.0 Å². The quantitative estimate of drug-likeness (QED) is 0.419. The Morgan fingerprint density at radius 1 is 1.21 bits per heavy atom. The van der Waals surface area contributed by atoms with E-state index in [1.54, 1.807) is 12.1 Å². The number of aliphatic carboxylic acids is 1. The Labute approximate surface area is 195 Å². The van der Waals surface area contributed by atoms with E-state index in [2.05, 4.69) is 10.6 Å². The van der Waals surface area contributed by atoms with Crippen LogP contribution in [0.1, 0.15) is 36.8 Å². The number of carbonyl (C=O) groups excluding carboxylic acids is 2. The highest BCUT2D eigenvalue weighted by molar-refractivity contribution is 7.98. The fourth-order valence-electron chi connectivity index (χ4n) is 3.82. The molecule has 10 heteroatoms. The van der Waals surface area contributed by atoms with E-state index in [1.165, 1.54) is 11.8 Å². The summed E-state index contributed by atoms with van der Waals surface area (Å²) >= 11 is 1.53. The summed E-state index contributed by atoms with van der Waals surface area (Å²) in [6, 6.07) is 4.38. The number of amides is 2. The zero-order valence-electron chi connectivity index (χ0n) is 18.5. The summed E-state index contributed by atoms with van der Waals surface area (Å²) in [6.45, 7) is -0.332. The molecule has 1 heterocycles. The van der Waals surface area contributed by atoms with Crippen molar-refractivity contribution in [1.29, 1.82) is 0 Å². The zero-order valence-corrected chi connectivity index (χ0v) is 19.3. The number of carbonyl (C=O) groups is 3. The Bertz CT molecular complexity index is 1080. The first-order valence-corrected chi connectivity index (χ1v) is 12.3. The summed E-state index contributed by atoms with van der Waals surface area (Å²) in [7, 11) is 0. The molecule has 1 aromatic heterocycles. The van der Waals surface area contributed by atoms with Crippen LogP contribution in [0.2, 0.25) is 0 Å². The summed E-state index contributed by atoms with van der Waals surface area (Å²) in [6.07, 6.45) is 5.68. The van der Waals surface area contributed by atoms with Crippen molar-refractivity contribution in [3.05, 3.63) is 39.7 Å². The number of fused-ring (bicyclic) bond motifs is 3. The van der Waals surface area contributed by atoms with Crippen molar-refractivity contribution in [2.75, 3.05) is 25.2 Å². The number of benzene rings is 1. The van der Waals surface area contributed by atoms with Gasteiger partial charge in [0.1, 0.15) is 17.4 Å². The fourth-order valence-corrected chi connectivity index (χ4v) is 4.29. The molecule has 3 N–H and O–H groups in total. The van der Waals surface area contributed by atoms with Crippen LogP contribution in [-0.2, 0) is 27.2 Å². The van der Waals surface area contributed by atoms with E-state index in [4.69, 9.17) is 14.3 Å². The summed E-state index contributed by atoms with van der Waals surface area (Å²) in [5.41, 5.74) is 1.88. The first-order valence-electron chi connectivity index (χ1n) is 10.9. The van der Waals surface area contributed by atoms with Gasteiger partial charge in [-0.1, -0.05) is 0 Å². The van der Waals surface area contributed by atoms with E-state index in [9.17, 15) is 19.2 Å². The van der Waals surface area contributed by atoms with Crippen molar-refractivity contribution < 1.29 is 28.6 Å². The number of hydrogen-bond acceptors (Lipinski definition) is 7. The third-order valence-corrected chi connectivity index (χ3v) is 6.11. The SMILES string of the molecule is CSCCC(NC(=O)COc1ccc2c3c(c(=O)oc2c1)CCCC3)C(=O)NCCC(=O)O. The van der Waals surface area contributed by atoms with Gasteiger partial charge in [0.15, 0.2) is 6.61 Å². The van der Waals surface area contributed by atoms with Crippen molar-refractivity contribution in [3.8, 4) is 5.75 Å². The normalized spacial score (nSPS) is 13.7. The van der Waals surface area contributed by atoms with Crippen LogP contribution < -0.4 is 21.0 Å². The van der Waals surface area contributed by atoms with E-state index in [0.717, 1.165) is 42.2 Å². The number of aryl methyl sites for hydroxylation is 1. The molecule has 0 bridgehead atoms. The number of nitrogens with one attached hydrogen (secondary N) is 2. The van der Waals surface area contributed by atoms with E-state index >= 15 is 0 Å². The zero-order chi connectivity index (χ0) is 23.8. The second-order valence-electron chi connectivity index (χ2n) is 7.84. The molecule has 2 amide bonds. The average molecular weight is 477 g/mol. The lowest BCUT2D eigenvalue weighted by atomic mass is 9.91. The van der Waals surface area contributed by atoms with Gasteiger partial charge in [-0.05, 0) is 61.8 Å². The number of ether oxygens (including phenoxy) is 1. The summed E-state index contributed by atoms with van der Waals surface area (Å²) in [5.74, 6) is -0.910. The summed E-state index contributed by atoms with van der Waals surface area (Å²) < 4.78 is 11.0. The Balaban J connectivity index is 1.61. The lowest BCUT2D eigenvalue weighted by Crippen LogP contribution is -2.48. The van der Waals surface area contributed by atoms with Gasteiger partial charge >= 0.3 is 11.6 Å². The van der Waals surface area contributed by atoms with Crippen LogP contribution >= 0.6 is 11.8 Å². The molecule has 1 unspecified atom stereocenters. The van der Waals surface area contributed by atoms with Crippen LogP contribution in [0.3, 0.4) is 0 Å². The predicted octanol–water partition coefficient (Wildman–Crippen LogP) is 1.88. The molecule has 2 aromatic rings. The molecule has 0 saturated heterocycles. The minimum absolute atomic E-state index is 0.0116. The molecular weight excluding hydrogens is 448 g/mol. The Kier molecular flexibility index (Phi) is 8.76. The third kappa shape index (κ3) is 6.74. The topological polar surface area (TPSA) is 135 Å². The molecule has 1 atom stereocenters. The van der Waals surface area contributed by atoms with E-state index in [-0.39, 0.29) is 25.2 Å². The van der Waals surface area contributed by atoms with E-state index < -0.39 is 23.8 Å². The van der Waals surface area contributed by atoms with Crippen LogP contribution in [0, 0.1) is 0 Å². The molecule has 9 nitrogen and oxygen atoms in total. The molecule has 1 aliphatic rings. The van der Waals surface area contributed by atoms with Gasteiger partial charge in [0.25, 0.3) is 5.91 Å². The van der Waals surface area contributed by atoms with E-state index in [1.807, 2.05) is 12.3 Å². The monoisotopic (exact) mass is 476 g/mol. The fraction of sp³-hybridized carbons (Fsp3) is 0.478. The van der Waals surface area contributed by atoms with Gasteiger partial charge in [0.2, 0.25) is 5.91 Å². The Morgan fingerprint density at radius 3 is 2.70 bits per heavy atom. The molecule has 0 fully saturated rings. The maximum absolute atomic E-state index is 12.4. The lowest BCUT2D eigenvalue weighted by molar-refractivity contribution is -0.137. The molecule has 33 heavy (non-hydrogen) atoms. The van der Waals surface area contributed by atoms with Crippen molar-refractivity contribution in [2.24, 2.45) is 0 Å². The molecule has 1 aliphatic carbocycles. The number of carboxylic acids is 1. The maximum Gasteiger partial charge on any atom is 0.339 e. The predicted molar refractivity (Wildman–Crippen MR) is 125 cm³/mol. The number of thioether (sulfide) groups is 1. The van der Waals surface area contributed by atoms with Gasteiger partial charge in [-0.25, -0.2) is 4.79 Å². The largest absolute Gasteiger partial charge is 0.484 e. The second-order valence-corrected chi connectivity index (χ2v) is 8.82. The lowest BCUT2D eigenvalue weighted by Gasteiger charge is -2.18. The number of carboxylic acid groups (broad SMARTS) is 1. The number of hydrogen-bond donors (Lipinski definition) is 3. The van der Waals surface area contributed by atoms with Crippen molar-refractivity contribution >= 4 is 40.5 Å². The third-order valence-electron chi connectivity index (χ3n) is 5.47. The molecule has 178 valence electrons. The molecule has 0 aliphatic heterocycles. The average Bonchev–Trinajstić information content (AvgIpc) is 2.80. The Hall–Kier alpha value is -3.01. The van der Waals surface area contributed by atoms with Gasteiger partial charge in [-0.3, -0.25) is 14.4 Å². The van der Waals surface area contributed by atoms with Crippen molar-refractivity contribution in [2.45, 2.75) is 44.6 Å². The Morgan fingerprint density at radius 2 is 1.97 bits per heavy atom. The maximum atomic E-state index is 12.4. The summed E-state index contributed by atoms with van der Waals surface area (Å²) in [4.78, 5) is 47.6. The van der Waals surface area contributed by atoms with Gasteiger partial charge in [0.05, 0.1) is 6.42 Å². The molecule has 0 radical (unpaired) electrons. The second kappa shape index (κ2) is 11.7. The van der Waals surface area contributed by atoms with Crippen LogP contribution in [0.5, 0.6) is 5.75 Å². The van der Waals surface area contributed by atoms with Gasteiger partial charge in [-0.2, -0.15) is 11.8 Å². The van der Waals surface area contributed by atoms with Crippen LogP contribution in [0.15, 0.2) is 27.4 Å². The van der Waals surface area contributed by atoms with Crippen LogP contribution in [0.4, 0.5) is 0 Å². The molecule has 1 aromatic carbocycles. The van der Waals surface area contributed by atoms with Crippen molar-refractivity contribution in [3.63, 3.8) is 0 Å². The smallest absolute Gasteiger partial charge is 0.339 e. The minimum atomic E-state index is -1.01. The van der Waals surface area contributed by atoms with Gasteiger partial charge in [0, 0.05) is 23.6 Å². The first kappa shape index (κ1) is 24.6. The first-order chi connectivity index (χ1) is 15.9. The van der Waals surface area contributed by atoms with E-state index in [0.29, 0.717) is 23.5 Å².